The van der Waals surface area contributed by atoms with Crippen LogP contribution in [0.5, 0.6) is 0 Å². The van der Waals surface area contributed by atoms with Crippen LogP contribution in [-0.4, -0.2) is 50.0 Å². The van der Waals surface area contributed by atoms with Crippen LogP contribution in [0.15, 0.2) is 31.0 Å². The van der Waals surface area contributed by atoms with E-state index >= 15 is 0 Å². The second kappa shape index (κ2) is 6.10. The quantitative estimate of drug-likeness (QED) is 0.722. The van der Waals surface area contributed by atoms with Crippen LogP contribution in [0.4, 0.5) is 20.3 Å². The van der Waals surface area contributed by atoms with Gasteiger partial charge in [-0.2, -0.15) is 5.10 Å². The Balaban J connectivity index is 1.59. The maximum absolute atomic E-state index is 14.3. The Hall–Kier alpha value is -2.81. The van der Waals surface area contributed by atoms with Gasteiger partial charge in [-0.25, -0.2) is 13.8 Å². The number of nitrogens with one attached hydrogen (secondary N) is 1. The van der Waals surface area contributed by atoms with E-state index in [2.05, 4.69) is 32.2 Å². The summed E-state index contributed by atoms with van der Waals surface area (Å²) < 4.78 is 30.4. The third-order valence-corrected chi connectivity index (χ3v) is 5.74. The number of fused-ring (bicyclic) bond motifs is 4. The van der Waals surface area contributed by atoms with Crippen molar-refractivity contribution in [3.63, 3.8) is 0 Å². The van der Waals surface area contributed by atoms with Gasteiger partial charge < -0.3 is 10.2 Å². The minimum atomic E-state index is -2.56. The number of hydrogen-bond acceptors (Lipinski definition) is 6. The molecule has 28 heavy (non-hydrogen) atoms. The Bertz CT molecular complexity index is 1080. The molecule has 0 aromatic carbocycles. The molecule has 0 aliphatic carbocycles. The first-order valence-electron chi connectivity index (χ1n) is 8.81. The number of aromatic nitrogens is 5. The lowest BCUT2D eigenvalue weighted by molar-refractivity contribution is 0.0587. The minimum Gasteiger partial charge on any atom is -0.364 e. The number of nitrogens with zero attached hydrogens (tertiary/aromatic N) is 6. The first-order valence-corrected chi connectivity index (χ1v) is 9.19. The highest BCUT2D eigenvalue weighted by Gasteiger charge is 2.55. The van der Waals surface area contributed by atoms with Crippen molar-refractivity contribution in [3.8, 4) is 0 Å². The summed E-state index contributed by atoms with van der Waals surface area (Å²) in [5, 5.41) is 15.4. The number of anilines is 2. The number of hydrogen-bond donors (Lipinski definition) is 1. The molecule has 2 aliphatic rings. The maximum Gasteiger partial charge on any atom is 0.263 e. The fourth-order valence-corrected chi connectivity index (χ4v) is 4.35. The Kier molecular flexibility index (Phi) is 3.77. The number of rotatable bonds is 3. The molecule has 2 atom stereocenters. The van der Waals surface area contributed by atoms with Crippen LogP contribution in [0.3, 0.4) is 0 Å². The molecule has 3 aromatic rings. The second-order valence-electron chi connectivity index (χ2n) is 7.06. The Labute approximate surface area is 164 Å². The summed E-state index contributed by atoms with van der Waals surface area (Å²) in [4.78, 5) is 6.17. The first kappa shape index (κ1) is 17.3. The topological polar surface area (TPSA) is 71.8 Å². The summed E-state index contributed by atoms with van der Waals surface area (Å²) in [6.45, 7) is 4.15. The van der Waals surface area contributed by atoms with Gasteiger partial charge in [-0.1, -0.05) is 18.2 Å². The third-order valence-electron chi connectivity index (χ3n) is 5.55. The van der Waals surface area contributed by atoms with Crippen molar-refractivity contribution >= 4 is 40.2 Å². The van der Waals surface area contributed by atoms with E-state index in [9.17, 15) is 8.78 Å². The predicted octanol–water partition coefficient (Wildman–Crippen LogP) is 3.40. The van der Waals surface area contributed by atoms with E-state index < -0.39 is 12.0 Å². The lowest BCUT2D eigenvalue weighted by Crippen LogP contribution is -2.57. The maximum atomic E-state index is 14.3. The Morgan fingerprint density at radius 1 is 1.36 bits per heavy atom. The van der Waals surface area contributed by atoms with Gasteiger partial charge in [0, 0.05) is 25.6 Å². The second-order valence-corrected chi connectivity index (χ2v) is 7.45. The number of halogens is 3. The highest BCUT2D eigenvalue weighted by molar-refractivity contribution is 6.29. The highest BCUT2D eigenvalue weighted by atomic mass is 35.5. The summed E-state index contributed by atoms with van der Waals surface area (Å²) in [7, 11) is 0. The molecule has 7 nitrogen and oxygen atoms in total. The normalized spacial score (nSPS) is 23.6. The van der Waals surface area contributed by atoms with E-state index in [4.69, 9.17) is 11.6 Å². The van der Waals surface area contributed by atoms with Crippen LogP contribution in [0.2, 0.25) is 5.15 Å². The van der Waals surface area contributed by atoms with Gasteiger partial charge in [-0.05, 0) is 18.2 Å². The third kappa shape index (κ3) is 2.39. The molecule has 0 saturated carbocycles. The lowest BCUT2D eigenvalue weighted by Gasteiger charge is -2.43. The molecule has 3 aromatic heterocycles. The van der Waals surface area contributed by atoms with Crippen LogP contribution < -0.4 is 10.2 Å². The van der Waals surface area contributed by atoms with Crippen LogP contribution in [0.1, 0.15) is 18.2 Å². The molecular formula is C18H16ClF2N7. The minimum absolute atomic E-state index is 0.0720. The van der Waals surface area contributed by atoms with Gasteiger partial charge in [0.1, 0.15) is 11.1 Å². The Morgan fingerprint density at radius 3 is 3.00 bits per heavy atom. The van der Waals surface area contributed by atoms with E-state index in [-0.39, 0.29) is 24.2 Å². The molecule has 0 bridgehead atoms. The zero-order valence-corrected chi connectivity index (χ0v) is 15.4. The smallest absolute Gasteiger partial charge is 0.263 e. The van der Waals surface area contributed by atoms with Gasteiger partial charge in [0.2, 0.25) is 0 Å². The summed E-state index contributed by atoms with van der Waals surface area (Å²) in [6.07, 6.45) is 0.990. The van der Waals surface area contributed by atoms with E-state index in [1.807, 2.05) is 12.1 Å². The van der Waals surface area contributed by atoms with Crippen LogP contribution in [0, 0.1) is 0 Å². The van der Waals surface area contributed by atoms with E-state index in [0.29, 0.717) is 23.6 Å². The molecule has 1 fully saturated rings. The molecular weight excluding hydrogens is 388 g/mol. The van der Waals surface area contributed by atoms with Gasteiger partial charge in [-0.3, -0.25) is 4.68 Å². The van der Waals surface area contributed by atoms with Crippen molar-refractivity contribution in [3.05, 3.63) is 41.8 Å². The van der Waals surface area contributed by atoms with Gasteiger partial charge >= 0.3 is 0 Å². The zero-order valence-electron chi connectivity index (χ0n) is 14.7. The fourth-order valence-electron chi connectivity index (χ4n) is 4.21. The van der Waals surface area contributed by atoms with Gasteiger partial charge in [0.15, 0.2) is 11.0 Å². The molecule has 2 aliphatic heterocycles. The van der Waals surface area contributed by atoms with Crippen LogP contribution in [0.25, 0.3) is 17.1 Å². The van der Waals surface area contributed by atoms with E-state index in [1.165, 1.54) is 0 Å². The first-order chi connectivity index (χ1) is 13.5. The fraction of sp³-hybridized carbons (Fsp3) is 0.333. The zero-order chi connectivity index (χ0) is 19.5. The molecule has 5 rings (SSSR count). The van der Waals surface area contributed by atoms with Crippen molar-refractivity contribution in [1.29, 1.82) is 0 Å². The van der Waals surface area contributed by atoms with E-state index in [1.54, 1.807) is 27.9 Å². The van der Waals surface area contributed by atoms with Crippen molar-refractivity contribution in [2.75, 3.05) is 23.3 Å². The summed E-state index contributed by atoms with van der Waals surface area (Å²) in [5.74, 6) is 0.462. The van der Waals surface area contributed by atoms with Crippen LogP contribution in [-0.2, 0) is 0 Å². The lowest BCUT2D eigenvalue weighted by atomic mass is 9.93. The molecule has 0 unspecified atom stereocenters. The molecule has 1 saturated heterocycles. The summed E-state index contributed by atoms with van der Waals surface area (Å²) >= 11 is 5.99. The summed E-state index contributed by atoms with van der Waals surface area (Å²) in [6, 6.07) is 5.06. The summed E-state index contributed by atoms with van der Waals surface area (Å²) in [5.41, 5.74) is 1.43. The number of pyridine rings is 1. The largest absolute Gasteiger partial charge is 0.364 e. The molecule has 144 valence electrons. The molecule has 0 spiro atoms. The van der Waals surface area contributed by atoms with Crippen molar-refractivity contribution < 1.29 is 8.78 Å². The highest BCUT2D eigenvalue weighted by Crippen LogP contribution is 2.48. The van der Waals surface area contributed by atoms with Crippen molar-refractivity contribution in [2.45, 2.75) is 24.4 Å². The molecule has 10 heteroatoms. The van der Waals surface area contributed by atoms with Crippen molar-refractivity contribution in [1.82, 2.24) is 25.0 Å². The standard InChI is InChI=1S/C18H16ClF2N7/c1-2-10-3-4-13-12(24-10)7-23-28(13)11-6-18(17(20)21)9-22-16-14(27(18)8-11)5-15(19)25-26-16/h2-5,7,11,17H,1,6,8-9H2,(H,22,26)/t11-,18-/m1/s1. The predicted molar refractivity (Wildman–Crippen MR) is 103 cm³/mol. The molecule has 0 radical (unpaired) electrons. The average Bonchev–Trinajstić information content (AvgIpc) is 3.29. The van der Waals surface area contributed by atoms with Gasteiger partial charge in [-0.15, -0.1) is 10.2 Å². The molecule has 0 amide bonds. The molecule has 1 N–H and O–H groups in total. The van der Waals surface area contributed by atoms with Gasteiger partial charge in [0.05, 0.1) is 29.1 Å². The Morgan fingerprint density at radius 2 is 2.21 bits per heavy atom. The van der Waals surface area contributed by atoms with Crippen LogP contribution >= 0.6 is 11.6 Å². The monoisotopic (exact) mass is 403 g/mol. The SMILES string of the molecule is C=Cc1ccc2c(cnn2[C@H]2CN3c4cc(Cl)nnc4NC[C@@]3(C(F)F)C2)n1. The number of alkyl halides is 2. The van der Waals surface area contributed by atoms with E-state index in [0.717, 1.165) is 11.2 Å². The van der Waals surface area contributed by atoms with Crippen molar-refractivity contribution in [2.24, 2.45) is 0 Å². The molecule has 5 heterocycles. The van der Waals surface area contributed by atoms with Gasteiger partial charge in [0.25, 0.3) is 6.43 Å². The average molecular weight is 404 g/mol.